The van der Waals surface area contributed by atoms with E-state index in [2.05, 4.69) is 4.74 Å². The SMILES string of the molecule is FC(F)(F)OC(F)(F)COC(F)(F)C(F)(F)F. The van der Waals surface area contributed by atoms with Crippen molar-refractivity contribution in [3.8, 4) is 0 Å². The smallest absolute Gasteiger partial charge is 0.304 e. The lowest BCUT2D eigenvalue weighted by atomic mass is 10.6. The summed E-state index contributed by atoms with van der Waals surface area (Å²) >= 11 is 0. The average Bonchev–Trinajstić information content (AvgIpc) is 1.94. The zero-order valence-electron chi connectivity index (χ0n) is 7.30. The van der Waals surface area contributed by atoms with Crippen molar-refractivity contribution in [3.63, 3.8) is 0 Å². The maximum atomic E-state index is 12.1. The van der Waals surface area contributed by atoms with E-state index >= 15 is 0 Å². The number of hydrogen-bond acceptors (Lipinski definition) is 2. The quantitative estimate of drug-likeness (QED) is 0.737. The van der Waals surface area contributed by atoms with Gasteiger partial charge in [0.1, 0.15) is 6.61 Å². The van der Waals surface area contributed by atoms with E-state index in [0.717, 1.165) is 0 Å². The van der Waals surface area contributed by atoms with Gasteiger partial charge in [0.15, 0.2) is 0 Å². The van der Waals surface area contributed by atoms with Crippen molar-refractivity contribution in [2.75, 3.05) is 6.61 Å². The first-order chi connectivity index (χ1) is 7.16. The third-order valence-electron chi connectivity index (χ3n) is 1.02. The summed E-state index contributed by atoms with van der Waals surface area (Å²) in [6, 6.07) is 0. The number of halogens is 10. The van der Waals surface area contributed by atoms with Crippen LogP contribution in [-0.4, -0.2) is 31.4 Å². The van der Waals surface area contributed by atoms with Crippen LogP contribution in [0.25, 0.3) is 0 Å². The van der Waals surface area contributed by atoms with Gasteiger partial charge in [0.05, 0.1) is 0 Å². The van der Waals surface area contributed by atoms with Crippen molar-refractivity contribution in [3.05, 3.63) is 0 Å². The molecule has 0 saturated heterocycles. The lowest BCUT2D eigenvalue weighted by molar-refractivity contribution is -0.456. The third kappa shape index (κ3) is 5.91. The van der Waals surface area contributed by atoms with Crippen LogP contribution in [0.2, 0.25) is 0 Å². The summed E-state index contributed by atoms with van der Waals surface area (Å²) in [4.78, 5) is 0. The molecule has 0 N–H and O–H groups in total. The van der Waals surface area contributed by atoms with Gasteiger partial charge >= 0.3 is 24.8 Å². The molecule has 0 aromatic heterocycles. The molecule has 0 saturated carbocycles. The molecule has 0 heterocycles. The lowest BCUT2D eigenvalue weighted by Gasteiger charge is -2.23. The monoisotopic (exact) mass is 284 g/mol. The minimum Gasteiger partial charge on any atom is -0.304 e. The summed E-state index contributed by atoms with van der Waals surface area (Å²) in [5.41, 5.74) is 0. The predicted molar refractivity (Wildman–Crippen MR) is 29.0 cm³/mol. The molecule has 17 heavy (non-hydrogen) atoms. The van der Waals surface area contributed by atoms with Crippen molar-refractivity contribution in [2.45, 2.75) is 24.8 Å². The molecule has 0 aliphatic carbocycles. The minimum atomic E-state index is -6.33. The molecular formula is C5H2F10O2. The lowest BCUT2D eigenvalue weighted by Crippen LogP contribution is -2.44. The van der Waals surface area contributed by atoms with E-state index in [0.29, 0.717) is 0 Å². The van der Waals surface area contributed by atoms with Crippen molar-refractivity contribution >= 4 is 0 Å². The normalized spacial score (nSPS) is 15.2. The van der Waals surface area contributed by atoms with E-state index < -0.39 is 31.4 Å². The maximum Gasteiger partial charge on any atom is 0.527 e. The summed E-state index contributed by atoms with van der Waals surface area (Å²) in [6.45, 7) is -2.92. The van der Waals surface area contributed by atoms with Gasteiger partial charge in [-0.15, -0.1) is 13.2 Å². The molecular weight excluding hydrogens is 282 g/mol. The number of alkyl halides is 10. The van der Waals surface area contributed by atoms with Crippen molar-refractivity contribution in [2.24, 2.45) is 0 Å². The van der Waals surface area contributed by atoms with E-state index in [1.54, 1.807) is 0 Å². The molecule has 0 amide bonds. The Morgan fingerprint density at radius 2 is 1.12 bits per heavy atom. The minimum absolute atomic E-state index is 1.97. The Hall–Kier alpha value is -0.780. The summed E-state index contributed by atoms with van der Waals surface area (Å²) in [6.07, 6.45) is -23.6. The van der Waals surface area contributed by atoms with Crippen LogP contribution < -0.4 is 0 Å². The zero-order chi connectivity index (χ0) is 14.1. The number of ether oxygens (including phenoxy) is 2. The maximum absolute atomic E-state index is 12.1. The van der Waals surface area contributed by atoms with Gasteiger partial charge < -0.3 is 4.74 Å². The second-order valence-corrected chi connectivity index (χ2v) is 2.49. The predicted octanol–water partition coefficient (Wildman–Crippen LogP) is 3.29. The Kier molecular flexibility index (Phi) is 4.27. The molecule has 0 fully saturated rings. The molecule has 0 radical (unpaired) electrons. The van der Waals surface area contributed by atoms with Crippen LogP contribution in [0.1, 0.15) is 0 Å². The van der Waals surface area contributed by atoms with Crippen molar-refractivity contribution < 1.29 is 53.4 Å². The summed E-state index contributed by atoms with van der Waals surface area (Å²) < 4.78 is 120. The second kappa shape index (κ2) is 4.48. The topological polar surface area (TPSA) is 18.5 Å². The van der Waals surface area contributed by atoms with Gasteiger partial charge in [-0.3, -0.25) is 0 Å². The highest BCUT2D eigenvalue weighted by Crippen LogP contribution is 2.38. The standard InChI is InChI=1S/C5H2F10O2/c6-2(7,17-5(13,14)15)1-16-4(11,12)3(8,9)10/h1H2. The molecule has 0 bridgehead atoms. The molecule has 0 unspecified atom stereocenters. The van der Waals surface area contributed by atoms with Crippen LogP contribution in [0.4, 0.5) is 43.9 Å². The van der Waals surface area contributed by atoms with Gasteiger partial charge in [-0.05, 0) is 0 Å². The van der Waals surface area contributed by atoms with Gasteiger partial charge in [0.2, 0.25) is 0 Å². The first-order valence-electron chi connectivity index (χ1n) is 3.39. The van der Waals surface area contributed by atoms with Crippen LogP contribution in [0, 0.1) is 0 Å². The summed E-state index contributed by atoms with van der Waals surface area (Å²) in [5.74, 6) is 0. The second-order valence-electron chi connectivity index (χ2n) is 2.49. The summed E-state index contributed by atoms with van der Waals surface area (Å²) in [5, 5.41) is 0. The van der Waals surface area contributed by atoms with Gasteiger partial charge in [0.25, 0.3) is 0 Å². The number of rotatable bonds is 4. The van der Waals surface area contributed by atoms with Gasteiger partial charge in [0, 0.05) is 0 Å². The summed E-state index contributed by atoms with van der Waals surface area (Å²) in [7, 11) is 0. The third-order valence-corrected chi connectivity index (χ3v) is 1.02. The highest BCUT2D eigenvalue weighted by atomic mass is 19.4. The van der Waals surface area contributed by atoms with Crippen LogP contribution >= 0.6 is 0 Å². The van der Waals surface area contributed by atoms with E-state index in [9.17, 15) is 43.9 Å². The van der Waals surface area contributed by atoms with E-state index in [4.69, 9.17) is 0 Å². The van der Waals surface area contributed by atoms with Crippen LogP contribution in [0.5, 0.6) is 0 Å². The Balaban J connectivity index is 4.47. The average molecular weight is 284 g/mol. The number of hydrogen-bond donors (Lipinski definition) is 0. The first kappa shape index (κ1) is 16.2. The van der Waals surface area contributed by atoms with Gasteiger partial charge in [-0.2, -0.15) is 30.7 Å². The first-order valence-corrected chi connectivity index (χ1v) is 3.39. The molecule has 0 aliphatic rings. The van der Waals surface area contributed by atoms with Crippen LogP contribution in [-0.2, 0) is 9.47 Å². The van der Waals surface area contributed by atoms with E-state index in [-0.39, 0.29) is 0 Å². The largest absolute Gasteiger partial charge is 0.527 e. The zero-order valence-corrected chi connectivity index (χ0v) is 7.30. The fraction of sp³-hybridized carbons (Fsp3) is 1.00. The molecule has 0 spiro atoms. The molecule has 12 heteroatoms. The Morgan fingerprint density at radius 1 is 0.706 bits per heavy atom. The molecule has 104 valence electrons. The molecule has 0 aromatic carbocycles. The Morgan fingerprint density at radius 3 is 1.41 bits per heavy atom. The van der Waals surface area contributed by atoms with Gasteiger partial charge in [-0.25, -0.2) is 4.74 Å². The molecule has 0 aromatic rings. The highest BCUT2D eigenvalue weighted by Gasteiger charge is 2.61. The Labute approximate surface area is 86.1 Å². The molecule has 0 atom stereocenters. The van der Waals surface area contributed by atoms with Crippen LogP contribution in [0.3, 0.4) is 0 Å². The van der Waals surface area contributed by atoms with E-state index in [1.807, 2.05) is 4.74 Å². The highest BCUT2D eigenvalue weighted by molar-refractivity contribution is 4.65. The molecule has 0 aliphatic heterocycles. The molecule has 2 nitrogen and oxygen atoms in total. The van der Waals surface area contributed by atoms with Crippen LogP contribution in [0.15, 0.2) is 0 Å². The van der Waals surface area contributed by atoms with Gasteiger partial charge in [-0.1, -0.05) is 0 Å². The fourth-order valence-electron chi connectivity index (χ4n) is 0.455. The Bertz CT molecular complexity index is 252. The van der Waals surface area contributed by atoms with Crippen molar-refractivity contribution in [1.29, 1.82) is 0 Å². The fourth-order valence-corrected chi connectivity index (χ4v) is 0.455. The van der Waals surface area contributed by atoms with E-state index in [1.165, 1.54) is 0 Å². The molecule has 0 rings (SSSR count). The van der Waals surface area contributed by atoms with Crippen molar-refractivity contribution in [1.82, 2.24) is 0 Å².